The van der Waals surface area contributed by atoms with Gasteiger partial charge in [0, 0.05) is 18.8 Å². The molecule has 4 heteroatoms. The van der Waals surface area contributed by atoms with E-state index in [-0.39, 0.29) is 12.4 Å². The summed E-state index contributed by atoms with van der Waals surface area (Å²) >= 11 is 0. The Hall–Kier alpha value is -1.22. The van der Waals surface area contributed by atoms with E-state index in [0.29, 0.717) is 0 Å². The van der Waals surface area contributed by atoms with Crippen molar-refractivity contribution in [3.63, 3.8) is 0 Å². The molecule has 0 saturated carbocycles. The molecule has 1 aromatic rings. The summed E-state index contributed by atoms with van der Waals surface area (Å²) in [4.78, 5) is 6.87. The Morgan fingerprint density at radius 3 is 2.83 bits per heavy atom. The van der Waals surface area contributed by atoms with E-state index in [9.17, 15) is 0 Å². The van der Waals surface area contributed by atoms with Crippen LogP contribution in [0.15, 0.2) is 23.2 Å². The van der Waals surface area contributed by atoms with E-state index in [2.05, 4.69) is 54.2 Å². The number of halogens is 1. The molecule has 0 aromatic heterocycles. The van der Waals surface area contributed by atoms with Crippen molar-refractivity contribution in [3.05, 3.63) is 29.3 Å². The molecule has 2 rings (SSSR count). The summed E-state index contributed by atoms with van der Waals surface area (Å²) in [6, 6.07) is 6.37. The van der Waals surface area contributed by atoms with Gasteiger partial charge in [0.2, 0.25) is 0 Å². The van der Waals surface area contributed by atoms with Crippen LogP contribution in [0.5, 0.6) is 0 Å². The molecule has 0 spiro atoms. The standard InChI is InChI=1S/C14H21N3.ClH/c1-4-17-9-8-15-14(17)10-16-13-7-5-6-11(2)12(13)3;/h5-7,16H,4,8-10H2,1-3H3;1H. The highest BCUT2D eigenvalue weighted by Gasteiger charge is 2.14. The molecule has 1 aliphatic heterocycles. The smallest absolute Gasteiger partial charge is 0.118 e. The van der Waals surface area contributed by atoms with Gasteiger partial charge in [-0.15, -0.1) is 12.4 Å². The fourth-order valence-corrected chi connectivity index (χ4v) is 2.15. The zero-order valence-corrected chi connectivity index (χ0v) is 12.2. The van der Waals surface area contributed by atoms with Crippen molar-refractivity contribution in [3.8, 4) is 0 Å². The van der Waals surface area contributed by atoms with Crippen molar-refractivity contribution < 1.29 is 0 Å². The van der Waals surface area contributed by atoms with Crippen LogP contribution in [-0.4, -0.2) is 36.9 Å². The first kappa shape index (κ1) is 14.8. The molecule has 0 unspecified atom stereocenters. The lowest BCUT2D eigenvalue weighted by Gasteiger charge is -2.19. The summed E-state index contributed by atoms with van der Waals surface area (Å²) in [7, 11) is 0. The number of nitrogens with zero attached hydrogens (tertiary/aromatic N) is 2. The Labute approximate surface area is 116 Å². The maximum absolute atomic E-state index is 4.54. The lowest BCUT2D eigenvalue weighted by atomic mass is 10.1. The van der Waals surface area contributed by atoms with Crippen molar-refractivity contribution >= 4 is 23.9 Å². The Balaban J connectivity index is 0.00000162. The number of nitrogens with one attached hydrogen (secondary N) is 1. The predicted molar refractivity (Wildman–Crippen MR) is 81.2 cm³/mol. The molecule has 0 bridgehead atoms. The van der Waals surface area contributed by atoms with Gasteiger partial charge < -0.3 is 10.2 Å². The number of benzene rings is 1. The van der Waals surface area contributed by atoms with Crippen LogP contribution in [0.1, 0.15) is 18.1 Å². The molecule has 3 nitrogen and oxygen atoms in total. The van der Waals surface area contributed by atoms with Gasteiger partial charge >= 0.3 is 0 Å². The minimum absolute atomic E-state index is 0. The van der Waals surface area contributed by atoms with Crippen LogP contribution >= 0.6 is 12.4 Å². The number of rotatable bonds is 4. The average molecular weight is 268 g/mol. The number of aryl methyl sites for hydroxylation is 1. The topological polar surface area (TPSA) is 27.6 Å². The lowest BCUT2D eigenvalue weighted by molar-refractivity contribution is 0.479. The van der Waals surface area contributed by atoms with Gasteiger partial charge in [-0.1, -0.05) is 12.1 Å². The molecular weight excluding hydrogens is 246 g/mol. The second-order valence-corrected chi connectivity index (χ2v) is 4.48. The average Bonchev–Trinajstić information content (AvgIpc) is 2.78. The van der Waals surface area contributed by atoms with Gasteiger partial charge in [-0.3, -0.25) is 4.99 Å². The van der Waals surface area contributed by atoms with Crippen LogP contribution in [0.4, 0.5) is 5.69 Å². The maximum Gasteiger partial charge on any atom is 0.118 e. The third-order valence-corrected chi connectivity index (χ3v) is 3.45. The molecule has 0 saturated heterocycles. The van der Waals surface area contributed by atoms with E-state index in [1.807, 2.05) is 0 Å². The fraction of sp³-hybridized carbons (Fsp3) is 0.500. The second-order valence-electron chi connectivity index (χ2n) is 4.48. The van der Waals surface area contributed by atoms with Crippen molar-refractivity contribution in [2.24, 2.45) is 4.99 Å². The molecule has 1 aromatic carbocycles. The number of hydrogen-bond acceptors (Lipinski definition) is 3. The van der Waals surface area contributed by atoms with Crippen LogP contribution in [0.25, 0.3) is 0 Å². The zero-order chi connectivity index (χ0) is 12.3. The summed E-state index contributed by atoms with van der Waals surface area (Å²) in [5.74, 6) is 1.19. The predicted octanol–water partition coefficient (Wildman–Crippen LogP) is 2.87. The fourth-order valence-electron chi connectivity index (χ4n) is 2.15. The summed E-state index contributed by atoms with van der Waals surface area (Å²) in [6.07, 6.45) is 0. The second kappa shape index (κ2) is 6.64. The van der Waals surface area contributed by atoms with E-state index in [1.165, 1.54) is 22.6 Å². The molecule has 100 valence electrons. The molecule has 1 heterocycles. The molecule has 1 aliphatic rings. The van der Waals surface area contributed by atoms with Crippen molar-refractivity contribution in [2.75, 3.05) is 31.5 Å². The Morgan fingerprint density at radius 1 is 1.33 bits per heavy atom. The van der Waals surface area contributed by atoms with Crippen molar-refractivity contribution in [2.45, 2.75) is 20.8 Å². The monoisotopic (exact) mass is 267 g/mol. The number of amidine groups is 1. The molecule has 18 heavy (non-hydrogen) atoms. The normalized spacial score (nSPS) is 14.2. The van der Waals surface area contributed by atoms with Crippen LogP contribution in [0, 0.1) is 13.8 Å². The van der Waals surface area contributed by atoms with Gasteiger partial charge in [-0.25, -0.2) is 0 Å². The SMILES string of the molecule is CCN1CCN=C1CNc1cccc(C)c1C.Cl. The van der Waals surface area contributed by atoms with Crippen LogP contribution in [0.3, 0.4) is 0 Å². The zero-order valence-electron chi connectivity index (χ0n) is 11.4. The van der Waals surface area contributed by atoms with Gasteiger partial charge in [0.1, 0.15) is 5.84 Å². The van der Waals surface area contributed by atoms with Crippen molar-refractivity contribution in [1.82, 2.24) is 4.90 Å². The largest absolute Gasteiger partial charge is 0.378 e. The van der Waals surface area contributed by atoms with Crippen LogP contribution < -0.4 is 5.32 Å². The quantitative estimate of drug-likeness (QED) is 0.908. The van der Waals surface area contributed by atoms with E-state index >= 15 is 0 Å². The van der Waals surface area contributed by atoms with Gasteiger partial charge in [-0.2, -0.15) is 0 Å². The minimum Gasteiger partial charge on any atom is -0.378 e. The first-order chi connectivity index (χ1) is 8.22. The molecular formula is C14H22ClN3. The highest BCUT2D eigenvalue weighted by Crippen LogP contribution is 2.17. The Kier molecular flexibility index (Phi) is 5.48. The van der Waals surface area contributed by atoms with Crippen LogP contribution in [-0.2, 0) is 0 Å². The van der Waals surface area contributed by atoms with E-state index in [1.54, 1.807) is 0 Å². The molecule has 0 fully saturated rings. The highest BCUT2D eigenvalue weighted by atomic mass is 35.5. The van der Waals surface area contributed by atoms with E-state index in [4.69, 9.17) is 0 Å². The Bertz CT molecular complexity index is 429. The molecule has 0 aliphatic carbocycles. The summed E-state index contributed by atoms with van der Waals surface area (Å²) in [5.41, 5.74) is 3.88. The first-order valence-corrected chi connectivity index (χ1v) is 6.30. The third-order valence-electron chi connectivity index (χ3n) is 3.45. The van der Waals surface area contributed by atoms with Gasteiger partial charge in [0.25, 0.3) is 0 Å². The van der Waals surface area contributed by atoms with Gasteiger partial charge in [-0.05, 0) is 38.0 Å². The number of likely N-dealkylation sites (N-methyl/N-ethyl adjacent to an activating group) is 1. The maximum atomic E-state index is 4.54. The van der Waals surface area contributed by atoms with Gasteiger partial charge in [0.15, 0.2) is 0 Å². The van der Waals surface area contributed by atoms with E-state index in [0.717, 1.165) is 26.2 Å². The first-order valence-electron chi connectivity index (χ1n) is 6.30. The Morgan fingerprint density at radius 2 is 2.11 bits per heavy atom. The minimum atomic E-state index is 0. The van der Waals surface area contributed by atoms with Gasteiger partial charge in [0.05, 0.1) is 13.1 Å². The number of aliphatic imine (C=N–C) groups is 1. The molecule has 0 atom stereocenters. The highest BCUT2D eigenvalue weighted by molar-refractivity contribution is 5.87. The van der Waals surface area contributed by atoms with E-state index < -0.39 is 0 Å². The molecule has 0 radical (unpaired) electrons. The van der Waals surface area contributed by atoms with Crippen LogP contribution in [0.2, 0.25) is 0 Å². The molecule has 0 amide bonds. The third kappa shape index (κ3) is 3.16. The summed E-state index contributed by atoms with van der Waals surface area (Å²) in [5, 5.41) is 3.49. The lowest BCUT2D eigenvalue weighted by Crippen LogP contribution is -2.32. The van der Waals surface area contributed by atoms with Crippen molar-refractivity contribution in [1.29, 1.82) is 0 Å². The molecule has 1 N–H and O–H groups in total. The number of anilines is 1. The summed E-state index contributed by atoms with van der Waals surface area (Å²) < 4.78 is 0. The number of hydrogen-bond donors (Lipinski definition) is 1. The summed E-state index contributed by atoms with van der Waals surface area (Å²) in [6.45, 7) is 10.4.